The summed E-state index contributed by atoms with van der Waals surface area (Å²) >= 11 is 0. The van der Waals surface area contributed by atoms with Crippen LogP contribution in [0.3, 0.4) is 0 Å². The van der Waals surface area contributed by atoms with Crippen molar-refractivity contribution in [3.8, 4) is 0 Å². The highest BCUT2D eigenvalue weighted by atomic mass is 16.2. The van der Waals surface area contributed by atoms with Crippen molar-refractivity contribution in [3.63, 3.8) is 0 Å². The van der Waals surface area contributed by atoms with Gasteiger partial charge in [0.15, 0.2) is 0 Å². The molecule has 0 aromatic carbocycles. The van der Waals surface area contributed by atoms with E-state index in [1.54, 1.807) is 0 Å². The lowest BCUT2D eigenvalue weighted by Gasteiger charge is -2.38. The molecule has 26 heavy (non-hydrogen) atoms. The minimum Gasteiger partial charge on any atom is -0.338 e. The van der Waals surface area contributed by atoms with Gasteiger partial charge in [0.2, 0.25) is 5.91 Å². The molecule has 5 heterocycles. The highest BCUT2D eigenvalue weighted by Crippen LogP contribution is 2.31. The number of carbonyl (C=O) groups is 1. The van der Waals surface area contributed by atoms with Crippen molar-refractivity contribution in [2.24, 2.45) is 11.8 Å². The number of carbonyl (C=O) groups excluding carboxylic acids is 1. The van der Waals surface area contributed by atoms with E-state index < -0.39 is 0 Å². The lowest BCUT2D eigenvalue weighted by Crippen LogP contribution is -2.51. The summed E-state index contributed by atoms with van der Waals surface area (Å²) in [7, 11) is 0. The second kappa shape index (κ2) is 8.03. The normalized spacial score (nSPS) is 32.0. The number of rotatable bonds is 5. The van der Waals surface area contributed by atoms with Gasteiger partial charge in [-0.15, -0.1) is 0 Å². The number of aromatic nitrogens is 1. The molecule has 4 fully saturated rings. The molecule has 2 bridgehead atoms. The lowest BCUT2D eigenvalue weighted by atomic mass is 9.91. The first kappa shape index (κ1) is 17.9. The Labute approximate surface area is 156 Å². The molecular formula is C20H31N5O. The number of fused-ring (bicyclic) bond motifs is 4. The number of nitrogens with one attached hydrogen (secondary N) is 2. The molecule has 1 aromatic rings. The monoisotopic (exact) mass is 357 g/mol. The first-order chi connectivity index (χ1) is 12.7. The van der Waals surface area contributed by atoms with E-state index in [1.165, 1.54) is 12.0 Å². The third kappa shape index (κ3) is 3.77. The first-order valence-electron chi connectivity index (χ1n) is 10.1. The molecule has 0 saturated carbocycles. The molecule has 0 aliphatic carbocycles. The van der Waals surface area contributed by atoms with Gasteiger partial charge in [-0.3, -0.25) is 25.5 Å². The van der Waals surface area contributed by atoms with Crippen molar-refractivity contribution >= 4 is 5.91 Å². The third-order valence-corrected chi connectivity index (χ3v) is 6.21. The smallest absolute Gasteiger partial charge is 0.228 e. The fourth-order valence-corrected chi connectivity index (χ4v) is 4.93. The molecule has 6 nitrogen and oxygen atoms in total. The van der Waals surface area contributed by atoms with Gasteiger partial charge in [-0.25, -0.2) is 0 Å². The Morgan fingerprint density at radius 3 is 3.04 bits per heavy atom. The van der Waals surface area contributed by atoms with Gasteiger partial charge < -0.3 is 4.90 Å². The fraction of sp³-hybridized carbons (Fsp3) is 0.700. The van der Waals surface area contributed by atoms with Crippen molar-refractivity contribution in [1.29, 1.82) is 0 Å². The summed E-state index contributed by atoms with van der Waals surface area (Å²) < 4.78 is 0. The predicted octanol–water partition coefficient (Wildman–Crippen LogP) is 1.40. The van der Waals surface area contributed by atoms with E-state index in [9.17, 15) is 4.79 Å². The summed E-state index contributed by atoms with van der Waals surface area (Å²) in [6.45, 7) is 6.90. The largest absolute Gasteiger partial charge is 0.338 e. The van der Waals surface area contributed by atoms with Crippen molar-refractivity contribution in [2.75, 3.05) is 26.2 Å². The molecule has 6 heteroatoms. The van der Waals surface area contributed by atoms with Crippen LogP contribution >= 0.6 is 0 Å². The predicted molar refractivity (Wildman–Crippen MR) is 101 cm³/mol. The Balaban J connectivity index is 1.44. The average molecular weight is 358 g/mol. The van der Waals surface area contributed by atoms with E-state index in [1.807, 2.05) is 18.5 Å². The maximum absolute atomic E-state index is 13.3. The summed E-state index contributed by atoms with van der Waals surface area (Å²) in [6.07, 6.45) is 8.34. The standard InChI is InChI=1S/C20H31N5O/c1-2-4-19-18(10-22-23-19)20(26)25-13-16-6-7-17(25)14-24(12-16)11-15-5-3-8-21-9-15/h3,5,8-9,16-19,22-23H,2,4,6-7,10-14H2,1H3/t16-,17+,18?,19?/m0/s1. The Kier molecular flexibility index (Phi) is 5.52. The molecule has 4 atom stereocenters. The summed E-state index contributed by atoms with van der Waals surface area (Å²) in [5.41, 5.74) is 7.79. The average Bonchev–Trinajstić information content (AvgIpc) is 2.94. The van der Waals surface area contributed by atoms with Gasteiger partial charge in [0.05, 0.1) is 5.92 Å². The van der Waals surface area contributed by atoms with Crippen LogP contribution in [0.5, 0.6) is 0 Å². The van der Waals surface area contributed by atoms with Crippen molar-refractivity contribution in [3.05, 3.63) is 30.1 Å². The van der Waals surface area contributed by atoms with E-state index in [0.29, 0.717) is 17.9 Å². The molecule has 1 amide bonds. The summed E-state index contributed by atoms with van der Waals surface area (Å²) in [4.78, 5) is 22.3. The Morgan fingerprint density at radius 1 is 1.31 bits per heavy atom. The van der Waals surface area contributed by atoms with Crippen molar-refractivity contribution in [2.45, 2.75) is 51.2 Å². The zero-order chi connectivity index (χ0) is 17.9. The second-order valence-electron chi connectivity index (χ2n) is 8.17. The summed E-state index contributed by atoms with van der Waals surface area (Å²) in [5.74, 6) is 1.04. The van der Waals surface area contributed by atoms with Gasteiger partial charge in [0, 0.05) is 57.2 Å². The first-order valence-corrected chi connectivity index (χ1v) is 10.1. The minimum atomic E-state index is 0.0843. The van der Waals surface area contributed by atoms with E-state index in [4.69, 9.17) is 0 Å². The van der Waals surface area contributed by atoms with Gasteiger partial charge in [0.25, 0.3) is 0 Å². The Hall–Kier alpha value is -1.50. The molecule has 4 saturated heterocycles. The summed E-state index contributed by atoms with van der Waals surface area (Å²) in [6, 6.07) is 4.79. The van der Waals surface area contributed by atoms with E-state index in [2.05, 4.69) is 38.6 Å². The van der Waals surface area contributed by atoms with Crippen LogP contribution < -0.4 is 10.9 Å². The molecule has 2 unspecified atom stereocenters. The Bertz CT molecular complexity index is 609. The zero-order valence-corrected chi connectivity index (χ0v) is 15.7. The molecule has 4 aliphatic rings. The molecule has 1 aromatic heterocycles. The van der Waals surface area contributed by atoms with Gasteiger partial charge in [-0.1, -0.05) is 19.4 Å². The lowest BCUT2D eigenvalue weighted by molar-refractivity contribution is -0.139. The second-order valence-corrected chi connectivity index (χ2v) is 8.17. The minimum absolute atomic E-state index is 0.0843. The number of pyridine rings is 1. The number of nitrogens with zero attached hydrogens (tertiary/aromatic N) is 3. The zero-order valence-electron chi connectivity index (χ0n) is 15.7. The van der Waals surface area contributed by atoms with Gasteiger partial charge in [0.1, 0.15) is 0 Å². The number of hydrogen-bond acceptors (Lipinski definition) is 5. The van der Waals surface area contributed by atoms with Crippen molar-refractivity contribution < 1.29 is 4.79 Å². The van der Waals surface area contributed by atoms with Crippen LogP contribution in [0, 0.1) is 11.8 Å². The fourth-order valence-electron chi connectivity index (χ4n) is 4.93. The van der Waals surface area contributed by atoms with Crippen LogP contribution in [0.25, 0.3) is 0 Å². The Morgan fingerprint density at radius 2 is 2.23 bits per heavy atom. The highest BCUT2D eigenvalue weighted by molar-refractivity contribution is 5.80. The van der Waals surface area contributed by atoms with Crippen molar-refractivity contribution in [1.82, 2.24) is 25.6 Å². The molecule has 0 radical (unpaired) electrons. The van der Waals surface area contributed by atoms with Gasteiger partial charge in [-0.05, 0) is 36.8 Å². The van der Waals surface area contributed by atoms with E-state index in [0.717, 1.165) is 52.0 Å². The van der Waals surface area contributed by atoms with Crippen LogP contribution in [0.1, 0.15) is 38.2 Å². The van der Waals surface area contributed by atoms with Crippen LogP contribution in [-0.2, 0) is 11.3 Å². The maximum atomic E-state index is 13.3. The number of amides is 1. The molecule has 4 aliphatic heterocycles. The number of hydrogen-bond donors (Lipinski definition) is 2. The topological polar surface area (TPSA) is 60.5 Å². The van der Waals surface area contributed by atoms with Gasteiger partial charge >= 0.3 is 0 Å². The summed E-state index contributed by atoms with van der Waals surface area (Å²) in [5, 5.41) is 0. The van der Waals surface area contributed by atoms with Crippen LogP contribution in [-0.4, -0.2) is 59.0 Å². The number of hydrazine groups is 1. The highest BCUT2D eigenvalue weighted by Gasteiger charge is 2.42. The molecule has 0 spiro atoms. The van der Waals surface area contributed by atoms with E-state index in [-0.39, 0.29) is 12.0 Å². The molecular weight excluding hydrogens is 326 g/mol. The SMILES string of the molecule is CCCC1NNCC1C(=O)N1C[C@H]2CC[C@@H]1CN(Cc1cccnc1)C2. The molecule has 142 valence electrons. The molecule has 2 N–H and O–H groups in total. The van der Waals surface area contributed by atoms with Crippen LogP contribution in [0.15, 0.2) is 24.5 Å². The van der Waals surface area contributed by atoms with E-state index >= 15 is 0 Å². The maximum Gasteiger partial charge on any atom is 0.228 e. The number of piperidine rings is 1. The third-order valence-electron chi connectivity index (χ3n) is 6.21. The van der Waals surface area contributed by atoms with Crippen LogP contribution in [0.2, 0.25) is 0 Å². The van der Waals surface area contributed by atoms with Gasteiger partial charge in [-0.2, -0.15) is 0 Å². The molecule has 5 rings (SSSR count). The van der Waals surface area contributed by atoms with Crippen LogP contribution in [0.4, 0.5) is 0 Å². The quantitative estimate of drug-likeness (QED) is 0.834.